The van der Waals surface area contributed by atoms with Crippen LogP contribution in [0.15, 0.2) is 35.1 Å². The Morgan fingerprint density at radius 2 is 1.79 bits per heavy atom. The number of aryl methyl sites for hydroxylation is 1. The Balaban J connectivity index is 2.64. The Labute approximate surface area is 113 Å². The SMILES string of the molecule is Cc1ccc(C(C)(C)C)cc1-c1cc(N)[nH]c(=O)c1. The van der Waals surface area contributed by atoms with Gasteiger partial charge in [-0.1, -0.05) is 39.0 Å². The highest BCUT2D eigenvalue weighted by molar-refractivity contribution is 5.70. The van der Waals surface area contributed by atoms with Crippen LogP contribution in [-0.2, 0) is 5.41 Å². The van der Waals surface area contributed by atoms with Crippen LogP contribution in [0, 0.1) is 6.92 Å². The number of rotatable bonds is 1. The van der Waals surface area contributed by atoms with Crippen LogP contribution in [0.5, 0.6) is 0 Å². The first-order valence-electron chi connectivity index (χ1n) is 6.39. The first-order chi connectivity index (χ1) is 8.77. The molecule has 2 aromatic rings. The second-order valence-corrected chi connectivity index (χ2v) is 5.97. The Morgan fingerprint density at radius 1 is 1.11 bits per heavy atom. The van der Waals surface area contributed by atoms with Crippen molar-refractivity contribution < 1.29 is 0 Å². The molecule has 19 heavy (non-hydrogen) atoms. The van der Waals surface area contributed by atoms with E-state index in [9.17, 15) is 4.79 Å². The molecule has 1 heterocycles. The fourth-order valence-electron chi connectivity index (χ4n) is 2.12. The van der Waals surface area contributed by atoms with Crippen molar-refractivity contribution in [3.63, 3.8) is 0 Å². The molecule has 0 fully saturated rings. The highest BCUT2D eigenvalue weighted by atomic mass is 16.1. The molecule has 0 bridgehead atoms. The zero-order chi connectivity index (χ0) is 14.2. The molecule has 0 atom stereocenters. The lowest BCUT2D eigenvalue weighted by Crippen LogP contribution is -2.12. The summed E-state index contributed by atoms with van der Waals surface area (Å²) in [6, 6.07) is 9.76. The molecule has 0 amide bonds. The van der Waals surface area contributed by atoms with Crippen LogP contribution in [-0.4, -0.2) is 4.98 Å². The van der Waals surface area contributed by atoms with Crippen molar-refractivity contribution in [2.75, 3.05) is 5.73 Å². The minimum absolute atomic E-state index is 0.0786. The summed E-state index contributed by atoms with van der Waals surface area (Å²) in [7, 11) is 0. The molecule has 0 saturated heterocycles. The Morgan fingerprint density at radius 3 is 2.37 bits per heavy atom. The normalized spacial score (nSPS) is 11.6. The molecule has 3 N–H and O–H groups in total. The van der Waals surface area contributed by atoms with E-state index in [2.05, 4.69) is 44.0 Å². The zero-order valence-corrected chi connectivity index (χ0v) is 11.9. The van der Waals surface area contributed by atoms with Crippen LogP contribution in [0.3, 0.4) is 0 Å². The van der Waals surface area contributed by atoms with E-state index < -0.39 is 0 Å². The quantitative estimate of drug-likeness (QED) is 0.823. The standard InChI is InChI=1S/C16H20N2O/c1-10-5-6-12(16(2,3)4)9-13(10)11-7-14(17)18-15(19)8-11/h5-9H,1-4H3,(H3,17,18,19). The van der Waals surface area contributed by atoms with Crippen LogP contribution in [0.1, 0.15) is 31.9 Å². The van der Waals surface area contributed by atoms with Gasteiger partial charge in [0, 0.05) is 6.07 Å². The number of anilines is 1. The smallest absolute Gasteiger partial charge is 0.250 e. The topological polar surface area (TPSA) is 58.9 Å². The molecule has 0 aliphatic rings. The third-order valence-electron chi connectivity index (χ3n) is 3.28. The van der Waals surface area contributed by atoms with E-state index in [1.165, 1.54) is 5.56 Å². The van der Waals surface area contributed by atoms with Crippen LogP contribution in [0.4, 0.5) is 5.82 Å². The second kappa shape index (κ2) is 4.57. The van der Waals surface area contributed by atoms with Crippen molar-refractivity contribution in [2.24, 2.45) is 0 Å². The van der Waals surface area contributed by atoms with Crippen molar-refractivity contribution >= 4 is 5.82 Å². The lowest BCUT2D eigenvalue weighted by Gasteiger charge is -2.21. The minimum Gasteiger partial charge on any atom is -0.385 e. The van der Waals surface area contributed by atoms with Crippen molar-refractivity contribution in [2.45, 2.75) is 33.1 Å². The Bertz CT molecular complexity index is 663. The molecule has 0 spiro atoms. The number of benzene rings is 1. The monoisotopic (exact) mass is 256 g/mol. The summed E-state index contributed by atoms with van der Waals surface area (Å²) in [4.78, 5) is 14.1. The molecule has 2 rings (SSSR count). The third kappa shape index (κ3) is 2.87. The molecule has 1 aromatic heterocycles. The van der Waals surface area contributed by atoms with Gasteiger partial charge >= 0.3 is 0 Å². The van der Waals surface area contributed by atoms with E-state index in [4.69, 9.17) is 5.73 Å². The van der Waals surface area contributed by atoms with E-state index in [0.717, 1.165) is 16.7 Å². The number of hydrogen-bond donors (Lipinski definition) is 2. The van der Waals surface area contributed by atoms with Gasteiger partial charge in [-0.2, -0.15) is 0 Å². The van der Waals surface area contributed by atoms with Crippen LogP contribution >= 0.6 is 0 Å². The van der Waals surface area contributed by atoms with Gasteiger partial charge in [0.15, 0.2) is 0 Å². The first kappa shape index (κ1) is 13.4. The predicted molar refractivity (Wildman–Crippen MR) is 80.3 cm³/mol. The van der Waals surface area contributed by atoms with Crippen molar-refractivity contribution in [3.8, 4) is 11.1 Å². The average molecular weight is 256 g/mol. The number of nitrogens with one attached hydrogen (secondary N) is 1. The molecule has 0 radical (unpaired) electrons. The Hall–Kier alpha value is -2.03. The molecule has 0 aliphatic heterocycles. The van der Waals surface area contributed by atoms with Gasteiger partial charge in [0.2, 0.25) is 5.56 Å². The number of aromatic nitrogens is 1. The first-order valence-corrected chi connectivity index (χ1v) is 6.39. The maximum Gasteiger partial charge on any atom is 0.250 e. The molecular formula is C16H20N2O. The fraction of sp³-hybridized carbons (Fsp3) is 0.312. The number of aromatic amines is 1. The second-order valence-electron chi connectivity index (χ2n) is 5.97. The van der Waals surface area contributed by atoms with Crippen molar-refractivity contribution in [3.05, 3.63) is 51.8 Å². The lowest BCUT2D eigenvalue weighted by molar-refractivity contribution is 0.590. The van der Waals surface area contributed by atoms with Crippen molar-refractivity contribution in [1.29, 1.82) is 0 Å². The van der Waals surface area contributed by atoms with E-state index in [-0.39, 0.29) is 11.0 Å². The predicted octanol–water partition coefficient (Wildman–Crippen LogP) is 3.23. The van der Waals surface area contributed by atoms with Gasteiger partial charge in [-0.15, -0.1) is 0 Å². The average Bonchev–Trinajstić information content (AvgIpc) is 2.26. The summed E-state index contributed by atoms with van der Waals surface area (Å²) in [5, 5.41) is 0. The molecule has 0 saturated carbocycles. The third-order valence-corrected chi connectivity index (χ3v) is 3.28. The highest BCUT2D eigenvalue weighted by Gasteiger charge is 2.15. The summed E-state index contributed by atoms with van der Waals surface area (Å²) >= 11 is 0. The molecule has 1 aromatic carbocycles. The maximum absolute atomic E-state index is 11.5. The van der Waals surface area contributed by atoms with E-state index in [0.29, 0.717) is 5.82 Å². The number of nitrogen functional groups attached to an aromatic ring is 1. The summed E-state index contributed by atoms with van der Waals surface area (Å²) in [6.07, 6.45) is 0. The van der Waals surface area contributed by atoms with Crippen LogP contribution < -0.4 is 11.3 Å². The van der Waals surface area contributed by atoms with Crippen LogP contribution in [0.25, 0.3) is 11.1 Å². The molecule has 0 unspecified atom stereocenters. The number of hydrogen-bond acceptors (Lipinski definition) is 2. The van der Waals surface area contributed by atoms with Crippen LogP contribution in [0.2, 0.25) is 0 Å². The van der Waals surface area contributed by atoms with E-state index in [1.807, 2.05) is 6.92 Å². The molecule has 3 nitrogen and oxygen atoms in total. The molecular weight excluding hydrogens is 236 g/mol. The van der Waals surface area contributed by atoms with Gasteiger partial charge in [0.1, 0.15) is 5.82 Å². The Kier molecular flexibility index (Phi) is 3.23. The summed E-state index contributed by atoms with van der Waals surface area (Å²) < 4.78 is 0. The number of H-pyrrole nitrogens is 1. The van der Waals surface area contributed by atoms with Gasteiger partial charge < -0.3 is 10.7 Å². The highest BCUT2D eigenvalue weighted by Crippen LogP contribution is 2.30. The molecule has 3 heteroatoms. The van der Waals surface area contributed by atoms with Gasteiger partial charge in [-0.3, -0.25) is 4.79 Å². The van der Waals surface area contributed by atoms with Gasteiger partial charge in [0.25, 0.3) is 0 Å². The van der Waals surface area contributed by atoms with Crippen molar-refractivity contribution in [1.82, 2.24) is 4.98 Å². The van der Waals surface area contributed by atoms with Gasteiger partial charge in [0.05, 0.1) is 0 Å². The van der Waals surface area contributed by atoms with E-state index >= 15 is 0 Å². The minimum atomic E-state index is -0.171. The zero-order valence-electron chi connectivity index (χ0n) is 11.9. The molecule has 100 valence electrons. The maximum atomic E-state index is 11.5. The molecule has 0 aliphatic carbocycles. The number of pyridine rings is 1. The van der Waals surface area contributed by atoms with Gasteiger partial charge in [-0.05, 0) is 40.7 Å². The lowest BCUT2D eigenvalue weighted by atomic mass is 9.84. The summed E-state index contributed by atoms with van der Waals surface area (Å²) in [5.41, 5.74) is 9.93. The largest absolute Gasteiger partial charge is 0.385 e. The van der Waals surface area contributed by atoms with E-state index in [1.54, 1.807) is 12.1 Å². The summed E-state index contributed by atoms with van der Waals surface area (Å²) in [5.74, 6) is 0.392. The fourth-order valence-corrected chi connectivity index (χ4v) is 2.12. The summed E-state index contributed by atoms with van der Waals surface area (Å²) in [6.45, 7) is 8.56. The van der Waals surface area contributed by atoms with Gasteiger partial charge in [-0.25, -0.2) is 0 Å². The number of nitrogens with two attached hydrogens (primary N) is 1.